The average molecular weight is 543 g/mol. The van der Waals surface area contributed by atoms with Gasteiger partial charge in [0.1, 0.15) is 0 Å². The van der Waals surface area contributed by atoms with Crippen molar-refractivity contribution in [3.05, 3.63) is 0 Å². The molecule has 1 saturated heterocycles. The van der Waals surface area contributed by atoms with Gasteiger partial charge in [-0.2, -0.15) is 0 Å². The third kappa shape index (κ3) is 12.8. The largest absolute Gasteiger partial charge is 0.450 e. The molecule has 1 rings (SSSR count). The van der Waals surface area contributed by atoms with Gasteiger partial charge in [-0.1, -0.05) is 13.8 Å². The molecule has 2 N–H and O–H groups in total. The summed E-state index contributed by atoms with van der Waals surface area (Å²) in [5, 5.41) is 6.33. The Morgan fingerprint density at radius 3 is 2.47 bits per heavy atom. The van der Waals surface area contributed by atoms with Crippen LogP contribution in [0.5, 0.6) is 0 Å². The Balaban J connectivity index is 0.00000841. The first-order valence-electron chi connectivity index (χ1n) is 11.1. The highest BCUT2D eigenvalue weighted by Gasteiger charge is 2.22. The number of hydrogen-bond donors (Lipinski definition) is 2. The number of ether oxygens (including phenoxy) is 3. The number of nitrogens with zero attached hydrogens (tertiary/aromatic N) is 2. The molecule has 1 atom stereocenters. The summed E-state index contributed by atoms with van der Waals surface area (Å²) < 4.78 is 16.1. The number of methoxy groups -OCH3 is 1. The molecule has 9 heteroatoms. The second-order valence-electron chi connectivity index (χ2n) is 7.79. The number of halogens is 1. The number of nitrogens with one attached hydrogen (secondary N) is 2. The van der Waals surface area contributed by atoms with Crippen LogP contribution in [-0.4, -0.2) is 82.2 Å². The van der Waals surface area contributed by atoms with E-state index in [4.69, 9.17) is 19.2 Å². The lowest BCUT2D eigenvalue weighted by Crippen LogP contribution is -2.48. The van der Waals surface area contributed by atoms with Gasteiger partial charge >= 0.3 is 6.09 Å². The van der Waals surface area contributed by atoms with E-state index in [1.54, 1.807) is 7.11 Å². The molecule has 0 saturated carbocycles. The Morgan fingerprint density at radius 2 is 1.90 bits per heavy atom. The first kappa shape index (κ1) is 29.2. The number of alkyl carbamates (subject to hydrolysis) is 1. The first-order valence-corrected chi connectivity index (χ1v) is 11.1. The van der Waals surface area contributed by atoms with Crippen molar-refractivity contribution in [3.63, 3.8) is 0 Å². The number of rotatable bonds is 12. The van der Waals surface area contributed by atoms with Crippen molar-refractivity contribution in [2.24, 2.45) is 10.9 Å². The maximum Gasteiger partial charge on any atom is 0.407 e. The molecule has 1 aliphatic heterocycles. The monoisotopic (exact) mass is 542 g/mol. The lowest BCUT2D eigenvalue weighted by atomic mass is 10.0. The van der Waals surface area contributed by atoms with Crippen LogP contribution in [-0.2, 0) is 14.2 Å². The molecule has 30 heavy (non-hydrogen) atoms. The van der Waals surface area contributed by atoms with Crippen molar-refractivity contribution >= 4 is 36.0 Å². The van der Waals surface area contributed by atoms with Crippen molar-refractivity contribution in [2.45, 2.75) is 65.5 Å². The minimum atomic E-state index is -0.371. The number of aliphatic imine (C=N–C) groups is 1. The van der Waals surface area contributed by atoms with Crippen molar-refractivity contribution in [3.8, 4) is 0 Å². The van der Waals surface area contributed by atoms with E-state index in [9.17, 15) is 4.79 Å². The van der Waals surface area contributed by atoms with E-state index in [1.807, 2.05) is 6.92 Å². The number of guanidine groups is 1. The van der Waals surface area contributed by atoms with E-state index >= 15 is 0 Å². The van der Waals surface area contributed by atoms with Gasteiger partial charge in [0.15, 0.2) is 5.96 Å². The first-order chi connectivity index (χ1) is 14.0. The number of carbonyl (C=O) groups is 1. The SMILES string of the molecule is CCNC(=NCC(CC(C)C)NC(=O)OCC)N1CCC(OCCCOC)CC1.I. The highest BCUT2D eigenvalue weighted by molar-refractivity contribution is 14.0. The molecule has 1 fully saturated rings. The third-order valence-electron chi connectivity index (χ3n) is 4.74. The standard InChI is InChI=1S/C21H42N4O4.HI/c1-6-22-20(23-16-18(15-17(3)4)24-21(26)28-7-2)25-11-9-19(10-12-25)29-14-8-13-27-5;/h17-19H,6-16H2,1-5H3,(H,22,23)(H,24,26);1H. The molecule has 0 aliphatic carbocycles. The fourth-order valence-corrected chi connectivity index (χ4v) is 3.40. The minimum Gasteiger partial charge on any atom is -0.450 e. The Labute approximate surface area is 199 Å². The van der Waals surface area contributed by atoms with Crippen LogP contribution in [0.15, 0.2) is 4.99 Å². The van der Waals surface area contributed by atoms with Crippen molar-refractivity contribution in [1.82, 2.24) is 15.5 Å². The fourth-order valence-electron chi connectivity index (χ4n) is 3.40. The summed E-state index contributed by atoms with van der Waals surface area (Å²) in [4.78, 5) is 18.9. The van der Waals surface area contributed by atoms with E-state index in [2.05, 4.69) is 36.3 Å². The summed E-state index contributed by atoms with van der Waals surface area (Å²) in [5.74, 6) is 1.37. The van der Waals surface area contributed by atoms with Crippen molar-refractivity contribution < 1.29 is 19.0 Å². The topological polar surface area (TPSA) is 84.4 Å². The van der Waals surface area contributed by atoms with Gasteiger partial charge < -0.3 is 29.7 Å². The molecule has 0 spiro atoms. The lowest BCUT2D eigenvalue weighted by Gasteiger charge is -2.34. The molecule has 1 unspecified atom stereocenters. The molecule has 0 radical (unpaired) electrons. The van der Waals surface area contributed by atoms with Crippen molar-refractivity contribution in [1.29, 1.82) is 0 Å². The van der Waals surface area contributed by atoms with E-state index < -0.39 is 0 Å². The quantitative estimate of drug-likeness (QED) is 0.171. The summed E-state index contributed by atoms with van der Waals surface area (Å²) in [6, 6.07) is -0.0376. The van der Waals surface area contributed by atoms with Crippen LogP contribution < -0.4 is 10.6 Å². The molecule has 1 amide bonds. The molecule has 0 aromatic rings. The summed E-state index contributed by atoms with van der Waals surface area (Å²) >= 11 is 0. The Bertz CT molecular complexity index is 472. The van der Waals surface area contributed by atoms with Crippen LogP contribution in [0.4, 0.5) is 4.79 Å². The maximum absolute atomic E-state index is 11.8. The van der Waals surface area contributed by atoms with Gasteiger partial charge in [-0.3, -0.25) is 4.99 Å². The highest BCUT2D eigenvalue weighted by atomic mass is 127. The normalized spacial score (nSPS) is 16.2. The number of hydrogen-bond acceptors (Lipinski definition) is 5. The lowest BCUT2D eigenvalue weighted by molar-refractivity contribution is 0.00989. The zero-order valence-electron chi connectivity index (χ0n) is 19.4. The third-order valence-corrected chi connectivity index (χ3v) is 4.74. The smallest absolute Gasteiger partial charge is 0.407 e. The molecule has 0 aromatic heterocycles. The Hall–Kier alpha value is -0.810. The Morgan fingerprint density at radius 1 is 1.20 bits per heavy atom. The van der Waals surface area contributed by atoms with Crippen LogP contribution in [0, 0.1) is 5.92 Å². The molecular weight excluding hydrogens is 499 g/mol. The van der Waals surface area contributed by atoms with Gasteiger partial charge in [-0.15, -0.1) is 24.0 Å². The van der Waals surface area contributed by atoms with Crippen LogP contribution in [0.2, 0.25) is 0 Å². The van der Waals surface area contributed by atoms with Crippen molar-refractivity contribution in [2.75, 3.05) is 53.1 Å². The molecule has 8 nitrogen and oxygen atoms in total. The fraction of sp³-hybridized carbons (Fsp3) is 0.905. The highest BCUT2D eigenvalue weighted by Crippen LogP contribution is 2.14. The number of likely N-dealkylation sites (tertiary alicyclic amines) is 1. The second kappa shape index (κ2) is 17.8. The number of carbonyl (C=O) groups excluding carboxylic acids is 1. The zero-order chi connectivity index (χ0) is 21.5. The van der Waals surface area contributed by atoms with E-state index in [0.717, 1.165) is 64.5 Å². The summed E-state index contributed by atoms with van der Waals surface area (Å²) in [6.07, 6.45) is 3.72. The van der Waals surface area contributed by atoms with Crippen LogP contribution in [0.1, 0.15) is 53.4 Å². The number of piperidine rings is 1. The van der Waals surface area contributed by atoms with Gasteiger partial charge in [-0.25, -0.2) is 4.79 Å². The molecular formula is C21H43IN4O4. The zero-order valence-corrected chi connectivity index (χ0v) is 21.8. The second-order valence-corrected chi connectivity index (χ2v) is 7.79. The number of amides is 1. The molecule has 178 valence electrons. The Kier molecular flexibility index (Phi) is 17.3. The predicted molar refractivity (Wildman–Crippen MR) is 132 cm³/mol. The predicted octanol–water partition coefficient (Wildman–Crippen LogP) is 3.25. The van der Waals surface area contributed by atoms with Crippen LogP contribution >= 0.6 is 24.0 Å². The molecule has 0 aromatic carbocycles. The van der Waals surface area contributed by atoms with E-state index in [1.165, 1.54) is 0 Å². The van der Waals surface area contributed by atoms with Gasteiger partial charge in [0.05, 0.1) is 25.3 Å². The minimum absolute atomic E-state index is 0. The van der Waals surface area contributed by atoms with Gasteiger partial charge in [-0.05, 0) is 45.4 Å². The maximum atomic E-state index is 11.8. The van der Waals surface area contributed by atoms with Crippen LogP contribution in [0.3, 0.4) is 0 Å². The molecule has 0 bridgehead atoms. The van der Waals surface area contributed by atoms with Gasteiger partial charge in [0.2, 0.25) is 0 Å². The average Bonchev–Trinajstić information content (AvgIpc) is 2.68. The van der Waals surface area contributed by atoms with Gasteiger partial charge in [0, 0.05) is 40.0 Å². The van der Waals surface area contributed by atoms with Gasteiger partial charge in [0.25, 0.3) is 0 Å². The summed E-state index contributed by atoms with van der Waals surface area (Å²) in [5.41, 5.74) is 0. The van der Waals surface area contributed by atoms with E-state index in [-0.39, 0.29) is 36.1 Å². The van der Waals surface area contributed by atoms with E-state index in [0.29, 0.717) is 25.2 Å². The van der Waals surface area contributed by atoms with Crippen LogP contribution in [0.25, 0.3) is 0 Å². The summed E-state index contributed by atoms with van der Waals surface area (Å²) in [6.45, 7) is 13.2. The molecule has 1 heterocycles. The molecule has 1 aliphatic rings. The summed E-state index contributed by atoms with van der Waals surface area (Å²) in [7, 11) is 1.72.